The molecule has 1 aromatic heterocycles. The molecule has 1 aliphatic carbocycles. The van der Waals surface area contributed by atoms with Crippen molar-refractivity contribution in [3.63, 3.8) is 0 Å². The zero-order valence-electron chi connectivity index (χ0n) is 5.85. The first-order valence-corrected chi connectivity index (χ1v) is 3.93. The molecular formula is C7H7ClN2O. The first kappa shape index (κ1) is 6.85. The maximum Gasteiger partial charge on any atom is 0.346 e. The Morgan fingerprint density at radius 2 is 2.27 bits per heavy atom. The Bertz CT molecular complexity index is 345. The number of fused-ring (bicyclic) bond motifs is 1. The summed E-state index contributed by atoms with van der Waals surface area (Å²) in [6.45, 7) is 0. The van der Waals surface area contributed by atoms with Gasteiger partial charge in [0.05, 0.1) is 0 Å². The van der Waals surface area contributed by atoms with Gasteiger partial charge in [-0.25, -0.2) is 4.79 Å². The minimum absolute atomic E-state index is 0.337. The van der Waals surface area contributed by atoms with Crippen molar-refractivity contribution < 1.29 is 0 Å². The topological polar surface area (TPSA) is 45.8 Å². The number of rotatable bonds is 0. The van der Waals surface area contributed by atoms with E-state index in [0.717, 1.165) is 30.5 Å². The van der Waals surface area contributed by atoms with Gasteiger partial charge in [-0.1, -0.05) is 11.6 Å². The Hall–Kier alpha value is -0.830. The van der Waals surface area contributed by atoms with E-state index in [1.54, 1.807) is 0 Å². The predicted octanol–water partition coefficient (Wildman–Crippen LogP) is 0.912. The highest BCUT2D eigenvalue weighted by Gasteiger charge is 2.15. The van der Waals surface area contributed by atoms with Crippen LogP contribution >= 0.6 is 11.6 Å². The van der Waals surface area contributed by atoms with Crippen LogP contribution < -0.4 is 5.69 Å². The van der Waals surface area contributed by atoms with Gasteiger partial charge in [0.2, 0.25) is 0 Å². The number of halogens is 1. The van der Waals surface area contributed by atoms with Crippen LogP contribution in [0.4, 0.5) is 0 Å². The lowest BCUT2D eigenvalue weighted by Gasteiger charge is -1.97. The summed E-state index contributed by atoms with van der Waals surface area (Å²) in [4.78, 5) is 17.1. The number of hydrogen-bond donors (Lipinski definition) is 1. The highest BCUT2D eigenvalue weighted by atomic mass is 35.5. The molecule has 0 radical (unpaired) electrons. The molecule has 58 valence electrons. The number of aromatic nitrogens is 2. The fraction of sp³-hybridized carbons (Fsp3) is 0.429. The monoisotopic (exact) mass is 170 g/mol. The fourth-order valence-corrected chi connectivity index (χ4v) is 1.71. The van der Waals surface area contributed by atoms with Crippen LogP contribution in [0.3, 0.4) is 0 Å². The molecule has 1 N–H and O–H groups in total. The molecule has 0 atom stereocenters. The quantitative estimate of drug-likeness (QED) is 0.589. The van der Waals surface area contributed by atoms with Crippen LogP contribution in [-0.4, -0.2) is 9.97 Å². The van der Waals surface area contributed by atoms with Crippen molar-refractivity contribution in [3.8, 4) is 0 Å². The Balaban J connectivity index is 2.70. The van der Waals surface area contributed by atoms with Crippen molar-refractivity contribution in [2.24, 2.45) is 0 Å². The smallest absolute Gasteiger partial charge is 0.309 e. The van der Waals surface area contributed by atoms with Gasteiger partial charge in [-0.2, -0.15) is 4.98 Å². The summed E-state index contributed by atoms with van der Waals surface area (Å²) in [6.07, 6.45) is 2.93. The van der Waals surface area contributed by atoms with E-state index in [2.05, 4.69) is 9.97 Å². The van der Waals surface area contributed by atoms with Gasteiger partial charge in [0.25, 0.3) is 0 Å². The molecule has 0 amide bonds. The SMILES string of the molecule is O=c1nc(Cl)c2c([nH]1)CCC2. The lowest BCUT2D eigenvalue weighted by atomic mass is 10.3. The Morgan fingerprint density at radius 3 is 3.09 bits per heavy atom. The van der Waals surface area contributed by atoms with Gasteiger partial charge < -0.3 is 4.98 Å². The summed E-state index contributed by atoms with van der Waals surface area (Å²) in [7, 11) is 0. The minimum Gasteiger partial charge on any atom is -0.309 e. The van der Waals surface area contributed by atoms with E-state index in [0.29, 0.717) is 5.15 Å². The Kier molecular flexibility index (Phi) is 1.46. The third-order valence-corrected chi connectivity index (χ3v) is 2.24. The molecule has 0 fully saturated rings. The molecule has 0 saturated heterocycles. The van der Waals surface area contributed by atoms with Crippen LogP contribution in [-0.2, 0) is 12.8 Å². The summed E-state index contributed by atoms with van der Waals surface area (Å²) < 4.78 is 0. The normalized spacial score (nSPS) is 15.0. The third kappa shape index (κ3) is 1.05. The molecule has 0 spiro atoms. The molecule has 0 aromatic carbocycles. The van der Waals surface area contributed by atoms with Gasteiger partial charge in [0.15, 0.2) is 0 Å². The highest BCUT2D eigenvalue weighted by molar-refractivity contribution is 6.30. The van der Waals surface area contributed by atoms with Crippen LogP contribution in [0.5, 0.6) is 0 Å². The standard InChI is InChI=1S/C7H7ClN2O/c8-6-4-2-1-3-5(4)9-7(11)10-6/h1-3H2,(H,9,10,11). The van der Waals surface area contributed by atoms with Crippen molar-refractivity contribution in [1.29, 1.82) is 0 Å². The lowest BCUT2D eigenvalue weighted by molar-refractivity contribution is 0.895. The molecule has 1 heterocycles. The second-order valence-electron chi connectivity index (χ2n) is 2.64. The Labute approximate surface area is 68.4 Å². The summed E-state index contributed by atoms with van der Waals surface area (Å²) >= 11 is 5.74. The van der Waals surface area contributed by atoms with Crippen LogP contribution in [0.2, 0.25) is 5.15 Å². The molecule has 0 unspecified atom stereocenters. The molecule has 0 bridgehead atoms. The van der Waals surface area contributed by atoms with Crippen LogP contribution in [0.25, 0.3) is 0 Å². The van der Waals surface area contributed by atoms with Gasteiger partial charge in [-0.05, 0) is 19.3 Å². The first-order chi connectivity index (χ1) is 5.27. The zero-order chi connectivity index (χ0) is 7.84. The van der Waals surface area contributed by atoms with Crippen molar-refractivity contribution in [2.45, 2.75) is 19.3 Å². The molecule has 0 aliphatic heterocycles. The molecule has 1 aromatic rings. The largest absolute Gasteiger partial charge is 0.346 e. The van der Waals surface area contributed by atoms with Gasteiger partial charge >= 0.3 is 5.69 Å². The van der Waals surface area contributed by atoms with Gasteiger partial charge in [0.1, 0.15) is 5.15 Å². The third-order valence-electron chi connectivity index (χ3n) is 1.92. The number of hydrogen-bond acceptors (Lipinski definition) is 2. The van der Waals surface area contributed by atoms with Crippen LogP contribution in [0.1, 0.15) is 17.7 Å². The van der Waals surface area contributed by atoms with E-state index in [-0.39, 0.29) is 5.69 Å². The second kappa shape index (κ2) is 2.34. The molecule has 11 heavy (non-hydrogen) atoms. The Morgan fingerprint density at radius 1 is 1.45 bits per heavy atom. The first-order valence-electron chi connectivity index (χ1n) is 3.55. The van der Waals surface area contributed by atoms with Gasteiger partial charge in [-0.3, -0.25) is 0 Å². The van der Waals surface area contributed by atoms with Crippen molar-refractivity contribution in [1.82, 2.24) is 9.97 Å². The lowest BCUT2D eigenvalue weighted by Crippen LogP contribution is -2.13. The van der Waals surface area contributed by atoms with E-state index < -0.39 is 0 Å². The van der Waals surface area contributed by atoms with Crippen LogP contribution in [0.15, 0.2) is 4.79 Å². The number of H-pyrrole nitrogens is 1. The second-order valence-corrected chi connectivity index (χ2v) is 3.00. The average Bonchev–Trinajstić information content (AvgIpc) is 2.34. The molecule has 3 nitrogen and oxygen atoms in total. The number of aromatic amines is 1. The number of aryl methyl sites for hydroxylation is 1. The average molecular weight is 171 g/mol. The highest BCUT2D eigenvalue weighted by Crippen LogP contribution is 2.23. The molecule has 1 aliphatic rings. The van der Waals surface area contributed by atoms with E-state index >= 15 is 0 Å². The summed E-state index contributed by atoms with van der Waals surface area (Å²) in [5.41, 5.74) is 1.65. The number of nitrogens with one attached hydrogen (secondary N) is 1. The van der Waals surface area contributed by atoms with Crippen molar-refractivity contribution in [2.75, 3.05) is 0 Å². The van der Waals surface area contributed by atoms with Crippen LogP contribution in [0, 0.1) is 0 Å². The van der Waals surface area contributed by atoms with Crippen molar-refractivity contribution in [3.05, 3.63) is 26.9 Å². The minimum atomic E-state index is -0.337. The van der Waals surface area contributed by atoms with E-state index in [9.17, 15) is 4.79 Å². The fourth-order valence-electron chi connectivity index (χ4n) is 1.42. The molecular weight excluding hydrogens is 164 g/mol. The summed E-state index contributed by atoms with van der Waals surface area (Å²) in [6, 6.07) is 0. The molecule has 0 saturated carbocycles. The maximum absolute atomic E-state index is 10.8. The molecule has 2 rings (SSSR count). The van der Waals surface area contributed by atoms with E-state index in [1.165, 1.54) is 0 Å². The zero-order valence-corrected chi connectivity index (χ0v) is 6.61. The predicted molar refractivity (Wildman–Crippen MR) is 41.9 cm³/mol. The van der Waals surface area contributed by atoms with E-state index in [1.807, 2.05) is 0 Å². The van der Waals surface area contributed by atoms with Gasteiger partial charge in [-0.15, -0.1) is 0 Å². The van der Waals surface area contributed by atoms with E-state index in [4.69, 9.17) is 11.6 Å². The maximum atomic E-state index is 10.8. The number of nitrogens with zero attached hydrogens (tertiary/aromatic N) is 1. The molecule has 4 heteroatoms. The van der Waals surface area contributed by atoms with Gasteiger partial charge in [0, 0.05) is 11.3 Å². The summed E-state index contributed by atoms with van der Waals surface area (Å²) in [5.74, 6) is 0. The van der Waals surface area contributed by atoms with Crippen molar-refractivity contribution >= 4 is 11.6 Å². The summed E-state index contributed by atoms with van der Waals surface area (Å²) in [5, 5.41) is 0.376.